The highest BCUT2D eigenvalue weighted by molar-refractivity contribution is 5.62. The molecule has 0 aliphatic heterocycles. The van der Waals surface area contributed by atoms with Crippen molar-refractivity contribution in [3.05, 3.63) is 29.3 Å². The third-order valence-corrected chi connectivity index (χ3v) is 2.92. The van der Waals surface area contributed by atoms with Gasteiger partial charge in [0.05, 0.1) is 11.3 Å². The maximum absolute atomic E-state index is 12.6. The lowest BCUT2D eigenvalue weighted by atomic mass is 10.1. The Morgan fingerprint density at radius 3 is 2.56 bits per heavy atom. The van der Waals surface area contributed by atoms with Gasteiger partial charge in [-0.05, 0) is 37.5 Å². The number of hydrogen-bond acceptors (Lipinski definition) is 2. The number of nitrogens with zero attached hydrogens (tertiary/aromatic N) is 2. The van der Waals surface area contributed by atoms with Gasteiger partial charge in [-0.25, -0.2) is 0 Å². The second kappa shape index (κ2) is 4.52. The largest absolute Gasteiger partial charge is 0.405 e. The van der Waals surface area contributed by atoms with Crippen LogP contribution in [-0.2, 0) is 0 Å². The normalized spacial score (nSPS) is 15.3. The molecule has 0 spiro atoms. The summed E-state index contributed by atoms with van der Waals surface area (Å²) < 4.78 is 37.8. The van der Waals surface area contributed by atoms with Crippen LogP contribution in [0.5, 0.6) is 0 Å². The Morgan fingerprint density at radius 1 is 1.39 bits per heavy atom. The molecule has 0 saturated heterocycles. The number of nitriles is 1. The highest BCUT2D eigenvalue weighted by Gasteiger charge is 2.38. The first kappa shape index (κ1) is 12.7. The molecule has 1 aromatic rings. The van der Waals surface area contributed by atoms with Crippen LogP contribution in [-0.4, -0.2) is 18.8 Å². The standard InChI is InChI=1S/C13H13F3N2/c1-9-2-3-10(7-17)12(6-9)18(11-4-5-11)8-13(14,15)16/h2-3,6,11H,4-5,8H2,1H3. The number of halogens is 3. The summed E-state index contributed by atoms with van der Waals surface area (Å²) in [7, 11) is 0. The minimum absolute atomic E-state index is 0.0828. The number of benzene rings is 1. The zero-order chi connectivity index (χ0) is 13.3. The summed E-state index contributed by atoms with van der Waals surface area (Å²) in [6.45, 7) is 0.819. The average Bonchev–Trinajstić information content (AvgIpc) is 3.08. The number of alkyl halides is 3. The average molecular weight is 254 g/mol. The van der Waals surface area contributed by atoms with Crippen molar-refractivity contribution in [3.63, 3.8) is 0 Å². The van der Waals surface area contributed by atoms with Crippen molar-refractivity contribution >= 4 is 5.69 Å². The van der Waals surface area contributed by atoms with Gasteiger partial charge in [0.1, 0.15) is 12.6 Å². The van der Waals surface area contributed by atoms with Gasteiger partial charge in [-0.3, -0.25) is 0 Å². The monoisotopic (exact) mass is 254 g/mol. The van der Waals surface area contributed by atoms with E-state index < -0.39 is 12.7 Å². The van der Waals surface area contributed by atoms with Gasteiger partial charge in [-0.2, -0.15) is 18.4 Å². The molecule has 5 heteroatoms. The van der Waals surface area contributed by atoms with E-state index in [1.54, 1.807) is 18.2 Å². The van der Waals surface area contributed by atoms with Gasteiger partial charge >= 0.3 is 6.18 Å². The molecule has 1 saturated carbocycles. The van der Waals surface area contributed by atoms with E-state index in [9.17, 15) is 13.2 Å². The number of rotatable bonds is 3. The molecule has 0 radical (unpaired) electrons. The predicted molar refractivity (Wildman–Crippen MR) is 62.3 cm³/mol. The summed E-state index contributed by atoms with van der Waals surface area (Å²) in [6, 6.07) is 6.85. The van der Waals surface area contributed by atoms with Crippen LogP contribution in [0.1, 0.15) is 24.0 Å². The molecular weight excluding hydrogens is 241 g/mol. The fourth-order valence-electron chi connectivity index (χ4n) is 1.96. The summed E-state index contributed by atoms with van der Waals surface area (Å²) in [5.41, 5.74) is 1.56. The van der Waals surface area contributed by atoms with E-state index >= 15 is 0 Å². The molecule has 0 bridgehead atoms. The zero-order valence-corrected chi connectivity index (χ0v) is 9.96. The molecule has 0 N–H and O–H groups in total. The first-order valence-corrected chi connectivity index (χ1v) is 5.75. The molecule has 0 atom stereocenters. The van der Waals surface area contributed by atoms with Crippen LogP contribution in [0.25, 0.3) is 0 Å². The molecule has 1 aromatic carbocycles. The lowest BCUT2D eigenvalue weighted by Gasteiger charge is -2.27. The Balaban J connectivity index is 2.36. The Morgan fingerprint density at radius 2 is 2.06 bits per heavy atom. The van der Waals surface area contributed by atoms with E-state index in [2.05, 4.69) is 0 Å². The molecule has 0 amide bonds. The van der Waals surface area contributed by atoms with Crippen molar-refractivity contribution < 1.29 is 13.2 Å². The highest BCUT2D eigenvalue weighted by atomic mass is 19.4. The second-order valence-electron chi connectivity index (χ2n) is 4.61. The summed E-state index contributed by atoms with van der Waals surface area (Å²) in [4.78, 5) is 1.31. The number of anilines is 1. The molecule has 1 fully saturated rings. The third kappa shape index (κ3) is 2.95. The lowest BCUT2D eigenvalue weighted by Crippen LogP contribution is -2.36. The number of hydrogen-bond donors (Lipinski definition) is 0. The van der Waals surface area contributed by atoms with Crippen LogP contribution < -0.4 is 4.90 Å². The van der Waals surface area contributed by atoms with Crippen LogP contribution >= 0.6 is 0 Å². The van der Waals surface area contributed by atoms with E-state index in [1.807, 2.05) is 13.0 Å². The van der Waals surface area contributed by atoms with Gasteiger partial charge in [0, 0.05) is 6.04 Å². The smallest absolute Gasteiger partial charge is 0.358 e. The molecule has 0 aromatic heterocycles. The molecular formula is C13H13F3N2. The van der Waals surface area contributed by atoms with E-state index in [0.29, 0.717) is 11.3 Å². The van der Waals surface area contributed by atoms with Crippen LogP contribution in [0, 0.1) is 18.3 Å². The fraction of sp³-hybridized carbons (Fsp3) is 0.462. The lowest BCUT2D eigenvalue weighted by molar-refractivity contribution is -0.120. The van der Waals surface area contributed by atoms with E-state index in [4.69, 9.17) is 5.26 Å². The van der Waals surface area contributed by atoms with Crippen molar-refractivity contribution in [2.24, 2.45) is 0 Å². The molecule has 18 heavy (non-hydrogen) atoms. The molecule has 2 nitrogen and oxygen atoms in total. The van der Waals surface area contributed by atoms with E-state index in [0.717, 1.165) is 18.4 Å². The van der Waals surface area contributed by atoms with Crippen LogP contribution in [0.3, 0.4) is 0 Å². The Bertz CT molecular complexity index is 484. The minimum Gasteiger partial charge on any atom is -0.358 e. The Kier molecular flexibility index (Phi) is 3.20. The van der Waals surface area contributed by atoms with Gasteiger partial charge in [0.15, 0.2) is 0 Å². The van der Waals surface area contributed by atoms with Crippen molar-refractivity contribution in [1.29, 1.82) is 5.26 Å². The third-order valence-electron chi connectivity index (χ3n) is 2.92. The molecule has 1 aliphatic rings. The van der Waals surface area contributed by atoms with Crippen LogP contribution in [0.15, 0.2) is 18.2 Å². The van der Waals surface area contributed by atoms with Crippen molar-refractivity contribution in [1.82, 2.24) is 0 Å². The molecule has 1 aliphatic carbocycles. The summed E-state index contributed by atoms with van der Waals surface area (Å²) >= 11 is 0. The first-order valence-electron chi connectivity index (χ1n) is 5.75. The quantitative estimate of drug-likeness (QED) is 0.826. The maximum atomic E-state index is 12.6. The van der Waals surface area contributed by atoms with Gasteiger partial charge in [0.25, 0.3) is 0 Å². The number of aryl methyl sites for hydroxylation is 1. The highest BCUT2D eigenvalue weighted by Crippen LogP contribution is 2.36. The summed E-state index contributed by atoms with van der Waals surface area (Å²) in [6.07, 6.45) is -2.73. The molecule has 0 heterocycles. The van der Waals surface area contributed by atoms with Crippen molar-refractivity contribution in [2.45, 2.75) is 32.0 Å². The van der Waals surface area contributed by atoms with Crippen LogP contribution in [0.4, 0.5) is 18.9 Å². The maximum Gasteiger partial charge on any atom is 0.405 e. The Hall–Kier alpha value is -1.70. The van der Waals surface area contributed by atoms with Gasteiger partial charge in [-0.1, -0.05) is 6.07 Å². The molecule has 2 rings (SSSR count). The zero-order valence-electron chi connectivity index (χ0n) is 9.96. The van der Waals surface area contributed by atoms with Crippen molar-refractivity contribution in [2.75, 3.05) is 11.4 Å². The molecule has 96 valence electrons. The second-order valence-corrected chi connectivity index (χ2v) is 4.61. The minimum atomic E-state index is -4.25. The van der Waals surface area contributed by atoms with Crippen LogP contribution in [0.2, 0.25) is 0 Å². The SMILES string of the molecule is Cc1ccc(C#N)c(N(CC(F)(F)F)C2CC2)c1. The van der Waals surface area contributed by atoms with Gasteiger partial charge in [0.2, 0.25) is 0 Å². The summed E-state index contributed by atoms with van der Waals surface area (Å²) in [5, 5.41) is 9.00. The Labute approximate surface area is 104 Å². The fourth-order valence-corrected chi connectivity index (χ4v) is 1.96. The van der Waals surface area contributed by atoms with Gasteiger partial charge in [-0.15, -0.1) is 0 Å². The first-order chi connectivity index (χ1) is 8.40. The van der Waals surface area contributed by atoms with Gasteiger partial charge < -0.3 is 4.90 Å². The predicted octanol–water partition coefficient (Wildman–Crippen LogP) is 3.40. The topological polar surface area (TPSA) is 27.0 Å². The summed E-state index contributed by atoms with van der Waals surface area (Å²) in [5.74, 6) is 0. The van der Waals surface area contributed by atoms with Crippen molar-refractivity contribution in [3.8, 4) is 6.07 Å². The molecule has 0 unspecified atom stereocenters. The van der Waals surface area contributed by atoms with E-state index in [1.165, 1.54) is 4.90 Å². The van der Waals surface area contributed by atoms with E-state index in [-0.39, 0.29) is 6.04 Å².